The molecule has 5 heteroatoms. The van der Waals surface area contributed by atoms with Gasteiger partial charge in [0.15, 0.2) is 0 Å². The highest BCUT2D eigenvalue weighted by Gasteiger charge is 2.34. The summed E-state index contributed by atoms with van der Waals surface area (Å²) in [6, 6.07) is 6.28. The number of benzene rings is 1. The molecular weight excluding hydrogens is 181 g/mol. The predicted octanol–water partition coefficient (Wildman–Crippen LogP) is 1.08. The van der Waals surface area contributed by atoms with Crippen molar-refractivity contribution in [3.63, 3.8) is 0 Å². The smallest absolute Gasteiger partial charge is 0.205 e. The van der Waals surface area contributed by atoms with E-state index in [0.717, 1.165) is 0 Å². The fourth-order valence-corrected chi connectivity index (χ4v) is 2.45. The average molecular weight is 187 g/mol. The fourth-order valence-electron chi connectivity index (χ4n) is 1.21. The van der Waals surface area contributed by atoms with Crippen molar-refractivity contribution < 1.29 is 12.9 Å². The fraction of sp³-hybridized carbons (Fsp3) is 0.143. The Labute approximate surface area is 69.4 Å². The highest BCUT2D eigenvalue weighted by molar-refractivity contribution is 7.89. The van der Waals surface area contributed by atoms with Crippen molar-refractivity contribution in [2.24, 2.45) is 0 Å². The van der Waals surface area contributed by atoms with Crippen LogP contribution in [0.25, 0.3) is 0 Å². The molecule has 1 aliphatic heterocycles. The van der Waals surface area contributed by atoms with Gasteiger partial charge in [0.2, 0.25) is 0 Å². The molecule has 1 aromatic carbocycles. The van der Waals surface area contributed by atoms with E-state index in [1.165, 1.54) is 6.07 Å². The van der Waals surface area contributed by atoms with E-state index in [2.05, 4.69) is 0 Å². The van der Waals surface area contributed by atoms with Gasteiger partial charge >= 0.3 is 0 Å². The third-order valence-corrected chi connectivity index (χ3v) is 3.41. The van der Waals surface area contributed by atoms with Crippen molar-refractivity contribution >= 4 is 10.0 Å². The monoisotopic (exact) mass is 187 g/mol. The Morgan fingerprint density at radius 2 is 2.00 bits per heavy atom. The van der Waals surface area contributed by atoms with E-state index in [0.29, 0.717) is 5.56 Å². The first-order valence-corrected chi connectivity index (χ1v) is 4.83. The molecule has 0 amide bonds. The second-order valence-electron chi connectivity index (χ2n) is 2.56. The third kappa shape index (κ3) is 0.867. The zero-order chi connectivity index (χ0) is 8.77. The lowest BCUT2D eigenvalue weighted by molar-refractivity contribution is 0.139. The number of hydrogen-bond donors (Lipinski definition) is 0. The molecule has 0 fully saturated rings. The molecule has 0 aromatic heterocycles. The quantitative estimate of drug-likeness (QED) is 0.570. The number of hydrogen-bond acceptors (Lipinski definition) is 2. The molecule has 1 aromatic rings. The Morgan fingerprint density at radius 3 is 2.67 bits per heavy atom. The summed E-state index contributed by atoms with van der Waals surface area (Å²) in [6.45, 7) is -0.168. The van der Waals surface area contributed by atoms with E-state index in [9.17, 15) is 12.9 Å². The predicted molar refractivity (Wildman–Crippen MR) is 40.3 cm³/mol. The Kier molecular flexibility index (Phi) is 1.46. The average Bonchev–Trinajstić information content (AvgIpc) is 2.25. The van der Waals surface area contributed by atoms with Crippen LogP contribution in [-0.4, -0.2) is 12.9 Å². The zero-order valence-corrected chi connectivity index (χ0v) is 6.88. The van der Waals surface area contributed by atoms with Crippen LogP contribution in [0.15, 0.2) is 29.2 Å². The standard InChI is InChI=1S/C7H6FNO2S/c8-9-5-6-3-1-2-4-7(6)12(9,10)11/h1-4H,5H2. The molecule has 0 atom stereocenters. The van der Waals surface area contributed by atoms with Crippen LogP contribution in [-0.2, 0) is 16.6 Å². The summed E-state index contributed by atoms with van der Waals surface area (Å²) in [5, 5.41) is 0. The van der Waals surface area contributed by atoms with Crippen molar-refractivity contribution in [2.45, 2.75) is 11.4 Å². The number of fused-ring (bicyclic) bond motifs is 1. The van der Waals surface area contributed by atoms with Crippen molar-refractivity contribution in [1.82, 2.24) is 4.53 Å². The van der Waals surface area contributed by atoms with E-state index in [-0.39, 0.29) is 16.0 Å². The molecule has 0 aliphatic carbocycles. The summed E-state index contributed by atoms with van der Waals surface area (Å²) in [5.41, 5.74) is 0.514. The van der Waals surface area contributed by atoms with Gasteiger partial charge in [-0.3, -0.25) is 0 Å². The third-order valence-electron chi connectivity index (χ3n) is 1.81. The maximum Gasteiger partial charge on any atom is 0.269 e. The number of nitrogens with zero attached hydrogens (tertiary/aromatic N) is 1. The van der Waals surface area contributed by atoms with Gasteiger partial charge in [0.1, 0.15) is 0 Å². The Bertz CT molecular complexity index is 415. The van der Waals surface area contributed by atoms with Gasteiger partial charge < -0.3 is 0 Å². The first-order valence-electron chi connectivity index (χ1n) is 3.39. The molecule has 3 nitrogen and oxygen atoms in total. The number of sulfonamides is 1. The summed E-state index contributed by atoms with van der Waals surface area (Å²) in [7, 11) is -3.82. The summed E-state index contributed by atoms with van der Waals surface area (Å²) >= 11 is 0. The van der Waals surface area contributed by atoms with E-state index in [4.69, 9.17) is 0 Å². The normalized spacial score (nSPS) is 20.8. The lowest BCUT2D eigenvalue weighted by Gasteiger charge is -1.98. The molecule has 0 saturated carbocycles. The summed E-state index contributed by atoms with van der Waals surface area (Å²) in [4.78, 5) is 0.0764. The topological polar surface area (TPSA) is 37.4 Å². The van der Waals surface area contributed by atoms with Crippen LogP contribution in [0.5, 0.6) is 0 Å². The van der Waals surface area contributed by atoms with Gasteiger partial charge in [-0.2, -0.15) is 0 Å². The molecule has 0 unspecified atom stereocenters. The van der Waals surface area contributed by atoms with Gasteiger partial charge in [-0.1, -0.05) is 18.2 Å². The SMILES string of the molecule is O=S1(=O)c2ccccc2CN1F. The molecule has 0 radical (unpaired) electrons. The minimum atomic E-state index is -3.82. The van der Waals surface area contributed by atoms with Gasteiger partial charge in [-0.15, -0.1) is 4.48 Å². The Balaban J connectivity index is 2.72. The molecular formula is C7H6FNO2S. The molecule has 64 valence electrons. The summed E-state index contributed by atoms with van der Waals surface area (Å²) in [5.74, 6) is 0. The van der Waals surface area contributed by atoms with E-state index < -0.39 is 10.0 Å². The van der Waals surface area contributed by atoms with Crippen LogP contribution in [0.4, 0.5) is 4.48 Å². The molecule has 2 rings (SSSR count). The maximum absolute atomic E-state index is 12.7. The number of rotatable bonds is 0. The lowest BCUT2D eigenvalue weighted by Crippen LogP contribution is -2.13. The molecule has 1 heterocycles. The second-order valence-corrected chi connectivity index (χ2v) is 4.34. The minimum Gasteiger partial charge on any atom is -0.205 e. The minimum absolute atomic E-state index is 0.0764. The molecule has 0 bridgehead atoms. The van der Waals surface area contributed by atoms with Gasteiger partial charge in [0, 0.05) is 0 Å². The largest absolute Gasteiger partial charge is 0.269 e. The van der Waals surface area contributed by atoms with Crippen LogP contribution in [0.1, 0.15) is 5.56 Å². The van der Waals surface area contributed by atoms with Crippen molar-refractivity contribution in [3.8, 4) is 0 Å². The first kappa shape index (κ1) is 7.70. The summed E-state index contributed by atoms with van der Waals surface area (Å²) in [6.07, 6.45) is 0. The molecule has 1 aliphatic rings. The lowest BCUT2D eigenvalue weighted by atomic mass is 10.2. The van der Waals surface area contributed by atoms with Crippen LogP contribution in [0, 0.1) is 0 Å². The van der Waals surface area contributed by atoms with Crippen LogP contribution in [0.2, 0.25) is 0 Å². The maximum atomic E-state index is 12.7. The van der Waals surface area contributed by atoms with Gasteiger partial charge in [-0.25, -0.2) is 8.42 Å². The molecule has 12 heavy (non-hydrogen) atoms. The highest BCUT2D eigenvalue weighted by Crippen LogP contribution is 2.29. The summed E-state index contributed by atoms with van der Waals surface area (Å²) < 4.78 is 34.9. The highest BCUT2D eigenvalue weighted by atomic mass is 32.2. The molecule has 0 saturated heterocycles. The van der Waals surface area contributed by atoms with Crippen molar-refractivity contribution in [3.05, 3.63) is 29.8 Å². The van der Waals surface area contributed by atoms with Crippen LogP contribution in [0.3, 0.4) is 0 Å². The van der Waals surface area contributed by atoms with E-state index in [1.807, 2.05) is 0 Å². The van der Waals surface area contributed by atoms with Crippen molar-refractivity contribution in [1.29, 1.82) is 0 Å². The second kappa shape index (κ2) is 2.27. The number of halogens is 1. The molecule has 0 N–H and O–H groups in total. The molecule has 0 spiro atoms. The van der Waals surface area contributed by atoms with Crippen LogP contribution < -0.4 is 0 Å². The van der Waals surface area contributed by atoms with Crippen molar-refractivity contribution in [2.75, 3.05) is 0 Å². The van der Waals surface area contributed by atoms with Gasteiger partial charge in [0.25, 0.3) is 10.0 Å². The van der Waals surface area contributed by atoms with Gasteiger partial charge in [0.05, 0.1) is 11.4 Å². The van der Waals surface area contributed by atoms with E-state index in [1.54, 1.807) is 18.2 Å². The first-order chi connectivity index (χ1) is 5.62. The Hall–Kier alpha value is -0.940. The van der Waals surface area contributed by atoms with Crippen LogP contribution >= 0.6 is 0 Å². The van der Waals surface area contributed by atoms with E-state index >= 15 is 0 Å². The zero-order valence-electron chi connectivity index (χ0n) is 6.07. The van der Waals surface area contributed by atoms with Gasteiger partial charge in [-0.05, 0) is 16.2 Å². The Morgan fingerprint density at radius 1 is 1.33 bits per heavy atom.